The third-order valence-electron chi connectivity index (χ3n) is 6.27. The molecule has 3 heterocycles. The minimum Gasteiger partial charge on any atom is -0.495 e. The van der Waals surface area contributed by atoms with Crippen LogP contribution < -0.4 is 20.7 Å². The number of benzene rings is 1. The molecule has 10 heteroatoms. The van der Waals surface area contributed by atoms with Crippen molar-refractivity contribution in [2.24, 2.45) is 0 Å². The molecule has 1 aromatic carbocycles. The lowest BCUT2D eigenvalue weighted by Gasteiger charge is -2.33. The number of pyridine rings is 1. The first-order chi connectivity index (χ1) is 17.8. The fourth-order valence-corrected chi connectivity index (χ4v) is 4.33. The van der Waals surface area contributed by atoms with Gasteiger partial charge in [-0.25, -0.2) is 13.3 Å². The molecule has 4 rings (SSSR count). The van der Waals surface area contributed by atoms with Gasteiger partial charge < -0.3 is 25.6 Å². The molecule has 194 valence electrons. The highest BCUT2D eigenvalue weighted by molar-refractivity contribution is 5.95. The van der Waals surface area contributed by atoms with Crippen LogP contribution in [0.2, 0.25) is 0 Å². The molecule has 0 bridgehead atoms. The van der Waals surface area contributed by atoms with Crippen LogP contribution in [-0.4, -0.2) is 73.5 Å². The molecule has 2 aromatic heterocycles. The largest absolute Gasteiger partial charge is 0.495 e. The Balaban J connectivity index is 1.56. The Bertz CT molecular complexity index is 1380. The van der Waals surface area contributed by atoms with E-state index in [9.17, 15) is 13.6 Å². The first-order valence-electron chi connectivity index (χ1n) is 11.9. The molecule has 3 aromatic rings. The number of methoxy groups -OCH3 is 1. The molecule has 8 nitrogen and oxygen atoms in total. The van der Waals surface area contributed by atoms with Crippen molar-refractivity contribution in [2.45, 2.75) is 18.6 Å². The normalized spacial score (nSPS) is 17.5. The zero-order valence-electron chi connectivity index (χ0n) is 21.1. The van der Waals surface area contributed by atoms with Crippen LogP contribution in [0.3, 0.4) is 0 Å². The zero-order chi connectivity index (χ0) is 26.5. The van der Waals surface area contributed by atoms with Gasteiger partial charge in [-0.3, -0.25) is 4.79 Å². The van der Waals surface area contributed by atoms with Crippen molar-refractivity contribution in [1.29, 1.82) is 0 Å². The van der Waals surface area contributed by atoms with Gasteiger partial charge in [0.15, 0.2) is 0 Å². The van der Waals surface area contributed by atoms with E-state index >= 15 is 0 Å². The number of piperidine rings is 1. The molecule has 2 atom stereocenters. The smallest absolute Gasteiger partial charge is 0.251 e. The summed E-state index contributed by atoms with van der Waals surface area (Å²) >= 11 is 0. The van der Waals surface area contributed by atoms with E-state index in [1.165, 1.54) is 7.11 Å². The number of carbonyl (C=O) groups excluding carboxylic acids is 1. The Kier molecular flexibility index (Phi) is 7.94. The van der Waals surface area contributed by atoms with Crippen molar-refractivity contribution < 1.29 is 18.3 Å². The maximum absolute atomic E-state index is 14.6. The van der Waals surface area contributed by atoms with E-state index in [1.807, 2.05) is 11.9 Å². The van der Waals surface area contributed by atoms with E-state index in [4.69, 9.17) is 4.74 Å². The summed E-state index contributed by atoms with van der Waals surface area (Å²) in [6.07, 6.45) is -0.392. The van der Waals surface area contributed by atoms with Gasteiger partial charge in [-0.05, 0) is 49.7 Å². The van der Waals surface area contributed by atoms with Gasteiger partial charge in [-0.1, -0.05) is 18.6 Å². The van der Waals surface area contributed by atoms with E-state index in [1.54, 1.807) is 48.0 Å². The molecule has 0 unspecified atom stereocenters. The Hall–Kier alpha value is -4.10. The summed E-state index contributed by atoms with van der Waals surface area (Å²) < 4.78 is 36.0. The van der Waals surface area contributed by atoms with Gasteiger partial charge in [0.05, 0.1) is 36.5 Å². The second kappa shape index (κ2) is 11.3. The van der Waals surface area contributed by atoms with Gasteiger partial charge in [0.25, 0.3) is 5.91 Å². The lowest BCUT2D eigenvalue weighted by atomic mass is 10.0. The van der Waals surface area contributed by atoms with Crippen LogP contribution >= 0.6 is 0 Å². The number of likely N-dealkylation sites (tertiary alicyclic amines) is 1. The topological polar surface area (TPSA) is 82.9 Å². The van der Waals surface area contributed by atoms with Gasteiger partial charge >= 0.3 is 0 Å². The molecule has 0 aliphatic carbocycles. The van der Waals surface area contributed by atoms with E-state index < -0.39 is 12.0 Å². The summed E-state index contributed by atoms with van der Waals surface area (Å²) in [6, 6.07) is 9.93. The molecule has 1 amide bonds. The number of anilines is 2. The van der Waals surface area contributed by atoms with Crippen molar-refractivity contribution in [2.75, 3.05) is 51.5 Å². The average Bonchev–Trinajstić information content (AvgIpc) is 3.27. The number of aromatic nitrogens is 2. The highest BCUT2D eigenvalue weighted by Gasteiger charge is 2.28. The maximum atomic E-state index is 14.6. The number of fused-ring (bicyclic) bond motifs is 1. The highest BCUT2D eigenvalue weighted by atomic mass is 19.1. The van der Waals surface area contributed by atoms with Crippen molar-refractivity contribution in [3.8, 4) is 17.6 Å². The standard InChI is InChI=1S/C27H30F2N6O2/c1-17(28)26-22(7-6-13-31-21-11-10-18(27(36)30-2)15-24(21)37-4)33-35-23(26)8-5-9-25(35)32-20-12-14-34(3)16-19(20)29/h5,8-11,15,19-20,31-32H,1,12-14,16H2,2-4H3,(H,30,36)/t19-,20+/m0/s1. The molecule has 1 aliphatic heterocycles. The SMILES string of the molecule is C=C(F)c1c(C#CCNc2ccc(C(=O)NC)cc2OC)nn2c(N[C@@H]3CCN(C)C[C@@H]3F)cccc12. The predicted molar refractivity (Wildman–Crippen MR) is 142 cm³/mol. The molecular weight excluding hydrogens is 478 g/mol. The van der Waals surface area contributed by atoms with Gasteiger partial charge in [-0.2, -0.15) is 5.10 Å². The summed E-state index contributed by atoms with van der Waals surface area (Å²) in [7, 11) is 4.96. The number of hydrogen-bond acceptors (Lipinski definition) is 6. The van der Waals surface area contributed by atoms with Crippen LogP contribution in [0, 0.1) is 11.8 Å². The fourth-order valence-electron chi connectivity index (χ4n) is 4.33. The lowest BCUT2D eigenvalue weighted by molar-refractivity contribution is 0.0962. The van der Waals surface area contributed by atoms with Crippen molar-refractivity contribution >= 4 is 28.8 Å². The summed E-state index contributed by atoms with van der Waals surface area (Å²) in [5.41, 5.74) is 2.04. The van der Waals surface area contributed by atoms with Crippen LogP contribution in [-0.2, 0) is 0 Å². The molecule has 37 heavy (non-hydrogen) atoms. The fraction of sp³-hybridized carbons (Fsp3) is 0.333. The van der Waals surface area contributed by atoms with Crippen LogP contribution in [0.1, 0.15) is 28.0 Å². The second-order valence-electron chi connectivity index (χ2n) is 8.80. The maximum Gasteiger partial charge on any atom is 0.251 e. The number of ether oxygens (including phenoxy) is 1. The monoisotopic (exact) mass is 508 g/mol. The van der Waals surface area contributed by atoms with Gasteiger partial charge in [0.1, 0.15) is 29.3 Å². The summed E-state index contributed by atoms with van der Waals surface area (Å²) in [6.45, 7) is 4.81. The number of halogens is 2. The summed E-state index contributed by atoms with van der Waals surface area (Å²) in [4.78, 5) is 13.8. The first-order valence-corrected chi connectivity index (χ1v) is 11.9. The lowest BCUT2D eigenvalue weighted by Crippen LogP contribution is -2.46. The van der Waals surface area contributed by atoms with Crippen LogP contribution in [0.25, 0.3) is 11.3 Å². The summed E-state index contributed by atoms with van der Waals surface area (Å²) in [5.74, 6) is 6.05. The average molecular weight is 509 g/mol. The van der Waals surface area contributed by atoms with E-state index in [-0.39, 0.29) is 29.8 Å². The van der Waals surface area contributed by atoms with E-state index in [2.05, 4.69) is 39.5 Å². The number of alkyl halides is 1. The molecule has 1 fully saturated rings. The van der Waals surface area contributed by atoms with Crippen LogP contribution in [0.4, 0.5) is 20.3 Å². The van der Waals surface area contributed by atoms with Crippen LogP contribution in [0.5, 0.6) is 5.75 Å². The molecule has 1 aliphatic rings. The van der Waals surface area contributed by atoms with Gasteiger partial charge in [0, 0.05) is 25.7 Å². The quantitative estimate of drug-likeness (QED) is 0.424. The molecule has 0 spiro atoms. The molecule has 1 saturated heterocycles. The number of nitrogens with one attached hydrogen (secondary N) is 3. The number of hydrogen-bond donors (Lipinski definition) is 3. The van der Waals surface area contributed by atoms with Gasteiger partial charge in [0.2, 0.25) is 0 Å². The third-order valence-corrected chi connectivity index (χ3v) is 6.27. The first kappa shape index (κ1) is 26.0. The number of rotatable bonds is 7. The molecule has 0 saturated carbocycles. The van der Waals surface area contributed by atoms with E-state index in [0.717, 1.165) is 6.54 Å². The van der Waals surface area contributed by atoms with E-state index in [0.29, 0.717) is 41.3 Å². The minimum absolute atomic E-state index is 0.198. The Morgan fingerprint density at radius 1 is 1.32 bits per heavy atom. The molecule has 0 radical (unpaired) electrons. The highest BCUT2D eigenvalue weighted by Crippen LogP contribution is 2.28. The molecule has 3 N–H and O–H groups in total. The number of carbonyl (C=O) groups is 1. The van der Waals surface area contributed by atoms with Crippen LogP contribution in [0.15, 0.2) is 43.0 Å². The second-order valence-corrected chi connectivity index (χ2v) is 8.80. The van der Waals surface area contributed by atoms with Gasteiger partial charge in [-0.15, -0.1) is 0 Å². The zero-order valence-corrected chi connectivity index (χ0v) is 21.1. The minimum atomic E-state index is -1.03. The van der Waals surface area contributed by atoms with Crippen molar-refractivity contribution in [1.82, 2.24) is 19.8 Å². The van der Waals surface area contributed by atoms with Crippen molar-refractivity contribution in [3.05, 3.63) is 59.8 Å². The Morgan fingerprint density at radius 3 is 2.84 bits per heavy atom. The Labute approximate surface area is 214 Å². The Morgan fingerprint density at radius 2 is 2.14 bits per heavy atom. The third kappa shape index (κ3) is 5.67. The number of amides is 1. The number of nitrogens with zero attached hydrogens (tertiary/aromatic N) is 3. The van der Waals surface area contributed by atoms with Crippen molar-refractivity contribution in [3.63, 3.8) is 0 Å². The molecular formula is C27H30F2N6O2. The summed E-state index contributed by atoms with van der Waals surface area (Å²) in [5, 5.41) is 13.4. The predicted octanol–water partition coefficient (Wildman–Crippen LogP) is 3.56.